The van der Waals surface area contributed by atoms with E-state index in [1.807, 2.05) is 0 Å². The van der Waals surface area contributed by atoms with E-state index in [1.165, 1.54) is 11.3 Å². The molecule has 21 heavy (non-hydrogen) atoms. The third kappa shape index (κ3) is 3.74. The first-order valence-electron chi connectivity index (χ1n) is 7.91. The molecule has 0 aromatic heterocycles. The van der Waals surface area contributed by atoms with Crippen LogP contribution in [0.15, 0.2) is 0 Å². The van der Waals surface area contributed by atoms with Gasteiger partial charge in [0.15, 0.2) is 0 Å². The van der Waals surface area contributed by atoms with Gasteiger partial charge >= 0.3 is 12.0 Å². The number of carboxylic acid groups (broad SMARTS) is 1. The van der Waals surface area contributed by atoms with Crippen LogP contribution in [0.4, 0.5) is 4.79 Å². The summed E-state index contributed by atoms with van der Waals surface area (Å²) in [5, 5.41) is 11.5. The van der Waals surface area contributed by atoms with Gasteiger partial charge in [-0.3, -0.25) is 14.5 Å². The standard InChI is InChI=1S/C15H24N2O4/c18-12(19)8-4-7-11-17-13(20)15(16-14(17)21)9-5-2-1-3-6-10-15/h1-11H2,(H,16,21)(H,18,19). The number of amides is 3. The van der Waals surface area contributed by atoms with Crippen LogP contribution in [0.2, 0.25) is 0 Å². The minimum Gasteiger partial charge on any atom is -0.481 e. The maximum atomic E-state index is 12.6. The number of unbranched alkanes of at least 4 members (excludes halogenated alkanes) is 1. The highest BCUT2D eigenvalue weighted by Gasteiger charge is 2.49. The van der Waals surface area contributed by atoms with E-state index < -0.39 is 11.5 Å². The first-order chi connectivity index (χ1) is 10.1. The van der Waals surface area contributed by atoms with E-state index in [2.05, 4.69) is 5.32 Å². The van der Waals surface area contributed by atoms with Crippen LogP contribution in [-0.2, 0) is 9.59 Å². The van der Waals surface area contributed by atoms with Crippen molar-refractivity contribution >= 4 is 17.9 Å². The lowest BCUT2D eigenvalue weighted by Crippen LogP contribution is -2.47. The number of imide groups is 1. The fourth-order valence-electron chi connectivity index (χ4n) is 3.27. The molecular formula is C15H24N2O4. The Kier molecular flexibility index (Phi) is 5.20. The molecule has 0 unspecified atom stereocenters. The maximum Gasteiger partial charge on any atom is 0.325 e. The number of urea groups is 1. The topological polar surface area (TPSA) is 86.7 Å². The van der Waals surface area contributed by atoms with Gasteiger partial charge in [-0.25, -0.2) is 4.79 Å². The second-order valence-corrected chi connectivity index (χ2v) is 6.09. The number of carbonyl (C=O) groups excluding carboxylic acids is 2. The number of carbonyl (C=O) groups is 3. The number of nitrogens with zero attached hydrogens (tertiary/aromatic N) is 1. The lowest BCUT2D eigenvalue weighted by molar-refractivity contribution is -0.137. The Labute approximate surface area is 124 Å². The minimum atomic E-state index is -0.844. The molecule has 0 atom stereocenters. The number of aliphatic carboxylic acids is 1. The number of hydrogen-bond donors (Lipinski definition) is 2. The summed E-state index contributed by atoms with van der Waals surface area (Å²) in [6.07, 6.45) is 7.93. The highest BCUT2D eigenvalue weighted by atomic mass is 16.4. The molecule has 0 aromatic carbocycles. The first-order valence-corrected chi connectivity index (χ1v) is 7.91. The SMILES string of the molecule is O=C(O)CCCCN1C(=O)NC2(CCCCCCC2)C1=O. The molecular weight excluding hydrogens is 272 g/mol. The van der Waals surface area contributed by atoms with Crippen molar-refractivity contribution in [2.45, 2.75) is 69.7 Å². The molecule has 2 N–H and O–H groups in total. The summed E-state index contributed by atoms with van der Waals surface area (Å²) in [7, 11) is 0. The van der Waals surface area contributed by atoms with Crippen LogP contribution in [0.1, 0.15) is 64.2 Å². The Hall–Kier alpha value is -1.59. The molecule has 1 aliphatic heterocycles. The predicted octanol–water partition coefficient (Wildman–Crippen LogP) is 2.28. The summed E-state index contributed by atoms with van der Waals surface area (Å²) < 4.78 is 0. The number of rotatable bonds is 5. The van der Waals surface area contributed by atoms with E-state index in [-0.39, 0.29) is 18.4 Å². The van der Waals surface area contributed by atoms with E-state index in [0.717, 1.165) is 38.5 Å². The van der Waals surface area contributed by atoms with Crippen molar-refractivity contribution < 1.29 is 19.5 Å². The Balaban J connectivity index is 1.93. The molecule has 3 amide bonds. The molecule has 2 rings (SSSR count). The van der Waals surface area contributed by atoms with Gasteiger partial charge in [-0.15, -0.1) is 0 Å². The van der Waals surface area contributed by atoms with Crippen molar-refractivity contribution in [2.24, 2.45) is 0 Å². The van der Waals surface area contributed by atoms with E-state index in [1.54, 1.807) is 0 Å². The van der Waals surface area contributed by atoms with E-state index in [9.17, 15) is 14.4 Å². The van der Waals surface area contributed by atoms with Crippen LogP contribution in [0.3, 0.4) is 0 Å². The zero-order valence-corrected chi connectivity index (χ0v) is 12.4. The average Bonchev–Trinajstić information content (AvgIpc) is 2.63. The van der Waals surface area contributed by atoms with Gasteiger partial charge < -0.3 is 10.4 Å². The van der Waals surface area contributed by atoms with Crippen LogP contribution in [0, 0.1) is 0 Å². The predicted molar refractivity (Wildman–Crippen MR) is 76.8 cm³/mol. The van der Waals surface area contributed by atoms with Crippen LogP contribution >= 0.6 is 0 Å². The highest BCUT2D eigenvalue weighted by Crippen LogP contribution is 2.32. The van der Waals surface area contributed by atoms with Crippen molar-refractivity contribution in [1.29, 1.82) is 0 Å². The van der Waals surface area contributed by atoms with Gasteiger partial charge in [0.05, 0.1) is 0 Å². The zero-order chi connectivity index (χ0) is 15.3. The Morgan fingerprint density at radius 1 is 1.10 bits per heavy atom. The van der Waals surface area contributed by atoms with Crippen LogP contribution < -0.4 is 5.32 Å². The lowest BCUT2D eigenvalue weighted by atomic mass is 9.84. The number of nitrogens with one attached hydrogen (secondary N) is 1. The van der Waals surface area contributed by atoms with E-state index in [0.29, 0.717) is 19.4 Å². The fraction of sp³-hybridized carbons (Fsp3) is 0.800. The van der Waals surface area contributed by atoms with Crippen molar-refractivity contribution in [3.05, 3.63) is 0 Å². The molecule has 0 bridgehead atoms. The normalized spacial score (nSPS) is 22.0. The highest BCUT2D eigenvalue weighted by molar-refractivity contribution is 6.07. The molecule has 0 radical (unpaired) electrons. The summed E-state index contributed by atoms with van der Waals surface area (Å²) in [4.78, 5) is 36.4. The molecule has 1 saturated carbocycles. The summed E-state index contributed by atoms with van der Waals surface area (Å²) in [5.41, 5.74) is -0.690. The molecule has 6 heteroatoms. The van der Waals surface area contributed by atoms with Crippen LogP contribution in [-0.4, -0.2) is 40.0 Å². The molecule has 1 spiro atoms. The molecule has 2 fully saturated rings. The zero-order valence-electron chi connectivity index (χ0n) is 12.4. The van der Waals surface area contributed by atoms with Gasteiger partial charge in [-0.2, -0.15) is 0 Å². The third-order valence-electron chi connectivity index (χ3n) is 4.48. The first kappa shape index (κ1) is 15.8. The molecule has 1 aliphatic carbocycles. The lowest BCUT2D eigenvalue weighted by Gasteiger charge is -2.28. The summed E-state index contributed by atoms with van der Waals surface area (Å²) in [6, 6.07) is -0.309. The summed E-state index contributed by atoms with van der Waals surface area (Å²) >= 11 is 0. The van der Waals surface area contributed by atoms with Gasteiger partial charge in [-0.1, -0.05) is 32.1 Å². The maximum absolute atomic E-state index is 12.6. The van der Waals surface area contributed by atoms with Gasteiger partial charge in [0, 0.05) is 13.0 Å². The van der Waals surface area contributed by atoms with E-state index >= 15 is 0 Å². The largest absolute Gasteiger partial charge is 0.481 e. The van der Waals surface area contributed by atoms with Crippen LogP contribution in [0.5, 0.6) is 0 Å². The van der Waals surface area contributed by atoms with Gasteiger partial charge in [0.1, 0.15) is 5.54 Å². The quantitative estimate of drug-likeness (QED) is 0.602. The third-order valence-corrected chi connectivity index (χ3v) is 4.48. The van der Waals surface area contributed by atoms with Gasteiger partial charge in [0.25, 0.3) is 5.91 Å². The summed E-state index contributed by atoms with van der Waals surface area (Å²) in [5.74, 6) is -0.951. The fourth-order valence-corrected chi connectivity index (χ4v) is 3.27. The molecule has 2 aliphatic rings. The number of carboxylic acids is 1. The van der Waals surface area contributed by atoms with Crippen molar-refractivity contribution in [1.82, 2.24) is 10.2 Å². The van der Waals surface area contributed by atoms with Crippen LogP contribution in [0.25, 0.3) is 0 Å². The average molecular weight is 296 g/mol. The monoisotopic (exact) mass is 296 g/mol. The van der Waals surface area contributed by atoms with E-state index in [4.69, 9.17) is 5.11 Å². The molecule has 1 saturated heterocycles. The molecule has 1 heterocycles. The number of hydrogen-bond acceptors (Lipinski definition) is 3. The minimum absolute atomic E-state index is 0.0782. The molecule has 6 nitrogen and oxygen atoms in total. The van der Waals surface area contributed by atoms with Gasteiger partial charge in [0.2, 0.25) is 0 Å². The van der Waals surface area contributed by atoms with Crippen molar-refractivity contribution in [2.75, 3.05) is 6.54 Å². The second kappa shape index (κ2) is 6.91. The van der Waals surface area contributed by atoms with Gasteiger partial charge in [-0.05, 0) is 25.7 Å². The Morgan fingerprint density at radius 2 is 1.71 bits per heavy atom. The summed E-state index contributed by atoms with van der Waals surface area (Å²) in [6.45, 7) is 0.319. The molecule has 118 valence electrons. The van der Waals surface area contributed by atoms with Crippen molar-refractivity contribution in [3.63, 3.8) is 0 Å². The Morgan fingerprint density at radius 3 is 2.33 bits per heavy atom. The second-order valence-electron chi connectivity index (χ2n) is 6.09. The Bertz CT molecular complexity index is 414. The smallest absolute Gasteiger partial charge is 0.325 e. The van der Waals surface area contributed by atoms with Crippen molar-refractivity contribution in [3.8, 4) is 0 Å². The molecule has 0 aromatic rings.